The van der Waals surface area contributed by atoms with Gasteiger partial charge in [-0.2, -0.15) is 0 Å². The molecular formula is C28H20N4O7S2. The number of nitro groups is 1. The van der Waals surface area contributed by atoms with Gasteiger partial charge in [0.1, 0.15) is 11.0 Å². The van der Waals surface area contributed by atoms with Gasteiger partial charge in [0.05, 0.1) is 21.6 Å². The zero-order chi connectivity index (χ0) is 28.7. The summed E-state index contributed by atoms with van der Waals surface area (Å²) in [6.45, 7) is -0.251. The number of carbonyl (C=O) groups excluding carboxylic acids is 3. The van der Waals surface area contributed by atoms with Gasteiger partial charge in [-0.15, -0.1) is 0 Å². The van der Waals surface area contributed by atoms with Crippen LogP contribution in [0, 0.1) is 16.0 Å². The van der Waals surface area contributed by atoms with Crippen LogP contribution in [0.4, 0.5) is 17.1 Å². The van der Waals surface area contributed by atoms with Crippen LogP contribution in [0.5, 0.6) is 5.75 Å². The van der Waals surface area contributed by atoms with E-state index in [0.717, 1.165) is 28.0 Å². The van der Waals surface area contributed by atoms with Gasteiger partial charge in [-0.3, -0.25) is 29.3 Å². The van der Waals surface area contributed by atoms with Crippen molar-refractivity contribution in [3.8, 4) is 5.75 Å². The topological polar surface area (TPSA) is 152 Å². The lowest BCUT2D eigenvalue weighted by molar-refractivity contribution is -0.384. The summed E-state index contributed by atoms with van der Waals surface area (Å²) < 4.78 is 5.74. The third-order valence-electron chi connectivity index (χ3n) is 6.79. The summed E-state index contributed by atoms with van der Waals surface area (Å²) in [7, 11) is 0. The van der Waals surface area contributed by atoms with Crippen molar-refractivity contribution in [3.05, 3.63) is 109 Å². The Morgan fingerprint density at radius 3 is 2.49 bits per heavy atom. The van der Waals surface area contributed by atoms with Gasteiger partial charge < -0.3 is 15.0 Å². The molecule has 3 atom stereocenters. The molecule has 3 amide bonds. The van der Waals surface area contributed by atoms with Gasteiger partial charge in [0.2, 0.25) is 11.8 Å². The number of imide groups is 1. The molecule has 206 valence electrons. The molecule has 0 spiro atoms. The second-order valence-corrected chi connectivity index (χ2v) is 11.5. The largest absolute Gasteiger partial charge is 0.484 e. The molecule has 2 aliphatic rings. The Kier molecular flexibility index (Phi) is 6.89. The van der Waals surface area contributed by atoms with Crippen molar-refractivity contribution in [3.63, 3.8) is 0 Å². The SMILES string of the molecule is O=C(COc1cccc(C2c3sc(=O)[nH]c3SC3C(=O)N(c4ccc([N+](=O)[O-])cc4)C(=O)C32)c1)Nc1ccccc1. The molecule has 3 heterocycles. The van der Waals surface area contributed by atoms with E-state index >= 15 is 0 Å². The highest BCUT2D eigenvalue weighted by molar-refractivity contribution is 8.00. The maximum atomic E-state index is 13.8. The van der Waals surface area contributed by atoms with E-state index in [4.69, 9.17) is 4.74 Å². The van der Waals surface area contributed by atoms with E-state index in [9.17, 15) is 29.3 Å². The standard InChI is InChI=1S/C28H20N4O7S2/c33-20(29-16-6-2-1-3-7-16)14-39-19-8-4-5-15(13-19)21-22-24(40-25-23(21)41-28(36)30-25)27(35)31(26(22)34)17-9-11-18(12-10-17)32(37)38/h1-13,21-22,24H,14H2,(H,29,33)(H,30,36). The van der Waals surface area contributed by atoms with Gasteiger partial charge >= 0.3 is 4.87 Å². The average Bonchev–Trinajstić information content (AvgIpc) is 3.46. The molecule has 0 bridgehead atoms. The zero-order valence-electron chi connectivity index (χ0n) is 21.0. The fraction of sp³-hybridized carbons (Fsp3) is 0.143. The number of hydrogen-bond donors (Lipinski definition) is 2. The normalized spacial score (nSPS) is 19.4. The number of rotatable bonds is 7. The van der Waals surface area contributed by atoms with Gasteiger partial charge in [-0.25, -0.2) is 4.90 Å². The fourth-order valence-electron chi connectivity index (χ4n) is 5.02. The summed E-state index contributed by atoms with van der Waals surface area (Å²) in [5.74, 6) is -2.37. The van der Waals surface area contributed by atoms with Gasteiger partial charge in [0.25, 0.3) is 11.6 Å². The van der Waals surface area contributed by atoms with E-state index in [1.165, 1.54) is 24.3 Å². The number of para-hydroxylation sites is 1. The Balaban J connectivity index is 1.29. The van der Waals surface area contributed by atoms with Crippen LogP contribution in [0.25, 0.3) is 0 Å². The van der Waals surface area contributed by atoms with Crippen LogP contribution in [-0.2, 0) is 14.4 Å². The number of fused-ring (bicyclic) bond motifs is 2. The number of non-ortho nitro benzene ring substituents is 1. The fourth-order valence-corrected chi connectivity index (χ4v) is 7.53. The van der Waals surface area contributed by atoms with E-state index in [0.29, 0.717) is 26.9 Å². The molecule has 11 nitrogen and oxygen atoms in total. The summed E-state index contributed by atoms with van der Waals surface area (Å²) in [6, 6.07) is 21.1. The molecule has 13 heteroatoms. The van der Waals surface area contributed by atoms with Crippen LogP contribution in [0.3, 0.4) is 0 Å². The lowest BCUT2D eigenvalue weighted by atomic mass is 9.83. The molecule has 1 fully saturated rings. The number of H-pyrrole nitrogens is 1. The molecule has 2 aliphatic heterocycles. The maximum absolute atomic E-state index is 13.8. The summed E-state index contributed by atoms with van der Waals surface area (Å²) in [5.41, 5.74) is 1.35. The molecule has 0 saturated carbocycles. The average molecular weight is 589 g/mol. The van der Waals surface area contributed by atoms with Crippen LogP contribution in [0.2, 0.25) is 0 Å². The molecule has 1 saturated heterocycles. The van der Waals surface area contributed by atoms with Crippen molar-refractivity contribution in [1.29, 1.82) is 0 Å². The minimum atomic E-state index is -0.835. The molecule has 1 aromatic heterocycles. The number of aromatic amines is 1. The number of nitro benzene ring substituents is 1. The minimum Gasteiger partial charge on any atom is -0.484 e. The number of thioether (sulfide) groups is 1. The first-order chi connectivity index (χ1) is 19.8. The molecule has 0 aliphatic carbocycles. The Labute approximate surface area is 240 Å². The molecule has 0 radical (unpaired) electrons. The first-order valence-corrected chi connectivity index (χ1v) is 14.1. The molecule has 3 unspecified atom stereocenters. The summed E-state index contributed by atoms with van der Waals surface area (Å²) in [5, 5.41) is 13.5. The predicted octanol–water partition coefficient (Wildman–Crippen LogP) is 4.16. The monoisotopic (exact) mass is 588 g/mol. The van der Waals surface area contributed by atoms with Crippen LogP contribution >= 0.6 is 23.1 Å². The molecule has 6 rings (SSSR count). The number of thiazole rings is 1. The summed E-state index contributed by atoms with van der Waals surface area (Å²) in [4.78, 5) is 66.8. The van der Waals surface area contributed by atoms with Crippen LogP contribution in [0.1, 0.15) is 16.4 Å². The van der Waals surface area contributed by atoms with Crippen molar-refractivity contribution in [2.45, 2.75) is 16.2 Å². The molecule has 4 aromatic rings. The van der Waals surface area contributed by atoms with Gasteiger partial charge in [-0.05, 0) is 42.0 Å². The van der Waals surface area contributed by atoms with E-state index in [1.807, 2.05) is 6.07 Å². The number of anilines is 2. The first-order valence-electron chi connectivity index (χ1n) is 12.4. The summed E-state index contributed by atoms with van der Waals surface area (Å²) >= 11 is 2.11. The number of hydrogen-bond acceptors (Lipinski definition) is 9. The third-order valence-corrected chi connectivity index (χ3v) is 9.19. The number of nitrogens with one attached hydrogen (secondary N) is 2. The van der Waals surface area contributed by atoms with Gasteiger partial charge in [0, 0.05) is 28.6 Å². The number of benzene rings is 3. The van der Waals surface area contributed by atoms with E-state index in [-0.39, 0.29) is 28.8 Å². The summed E-state index contributed by atoms with van der Waals surface area (Å²) in [6.07, 6.45) is 0. The second kappa shape index (κ2) is 10.7. The highest BCUT2D eigenvalue weighted by Crippen LogP contribution is 2.53. The van der Waals surface area contributed by atoms with Crippen molar-refractivity contribution >= 4 is 57.9 Å². The minimum absolute atomic E-state index is 0.161. The molecule has 3 aromatic carbocycles. The lowest BCUT2D eigenvalue weighted by Gasteiger charge is -2.30. The predicted molar refractivity (Wildman–Crippen MR) is 153 cm³/mol. The second-order valence-electron chi connectivity index (χ2n) is 9.31. The maximum Gasteiger partial charge on any atom is 0.305 e. The number of aromatic nitrogens is 1. The smallest absolute Gasteiger partial charge is 0.305 e. The highest BCUT2D eigenvalue weighted by Gasteiger charge is 2.56. The molecule has 41 heavy (non-hydrogen) atoms. The van der Waals surface area contributed by atoms with Gasteiger partial charge in [-0.1, -0.05) is 53.4 Å². The Morgan fingerprint density at radius 1 is 1.00 bits per heavy atom. The Morgan fingerprint density at radius 2 is 1.76 bits per heavy atom. The Bertz CT molecular complexity index is 1740. The zero-order valence-corrected chi connectivity index (χ0v) is 22.6. The molecular weight excluding hydrogens is 568 g/mol. The quantitative estimate of drug-likeness (QED) is 0.186. The van der Waals surface area contributed by atoms with E-state index < -0.39 is 33.8 Å². The molecule has 2 N–H and O–H groups in total. The van der Waals surface area contributed by atoms with Crippen LogP contribution in [-0.4, -0.2) is 39.5 Å². The van der Waals surface area contributed by atoms with Crippen molar-refractivity contribution in [2.75, 3.05) is 16.8 Å². The van der Waals surface area contributed by atoms with Crippen molar-refractivity contribution in [1.82, 2.24) is 4.98 Å². The van der Waals surface area contributed by atoms with Crippen molar-refractivity contribution < 1.29 is 24.0 Å². The Hall–Kier alpha value is -4.75. The number of carbonyl (C=O) groups is 3. The number of nitrogens with zero attached hydrogens (tertiary/aromatic N) is 2. The third kappa shape index (κ3) is 5.00. The number of amides is 3. The van der Waals surface area contributed by atoms with E-state index in [1.54, 1.807) is 48.5 Å². The van der Waals surface area contributed by atoms with E-state index in [2.05, 4.69) is 10.3 Å². The lowest BCUT2D eigenvalue weighted by Crippen LogP contribution is -2.32. The van der Waals surface area contributed by atoms with Gasteiger partial charge in [0.15, 0.2) is 6.61 Å². The first kappa shape index (κ1) is 26.5. The van der Waals surface area contributed by atoms with Crippen LogP contribution in [0.15, 0.2) is 88.7 Å². The van der Waals surface area contributed by atoms with Crippen LogP contribution < -0.4 is 19.8 Å². The highest BCUT2D eigenvalue weighted by atomic mass is 32.2. The number of ether oxygens (including phenoxy) is 1. The van der Waals surface area contributed by atoms with Crippen molar-refractivity contribution in [2.24, 2.45) is 5.92 Å².